The van der Waals surface area contributed by atoms with Crippen LogP contribution < -0.4 is 5.32 Å². The predicted molar refractivity (Wildman–Crippen MR) is 78.7 cm³/mol. The van der Waals surface area contributed by atoms with Crippen molar-refractivity contribution >= 4 is 17.4 Å². The quantitative estimate of drug-likeness (QED) is 0.820. The minimum Gasteiger partial charge on any atom is -0.354 e. The first-order chi connectivity index (χ1) is 9.65. The van der Waals surface area contributed by atoms with Crippen LogP contribution in [0.3, 0.4) is 0 Å². The first-order valence-electron chi connectivity index (χ1n) is 6.67. The molecule has 1 aromatic carbocycles. The summed E-state index contributed by atoms with van der Waals surface area (Å²) >= 11 is 0. The number of amides is 1. The number of Topliss-reactive ketones (excluding diaryl/α,β-unsaturated/α-hetero) is 1. The summed E-state index contributed by atoms with van der Waals surface area (Å²) < 4.78 is 2.05. The summed E-state index contributed by atoms with van der Waals surface area (Å²) in [6, 6.07) is 10.9. The Morgan fingerprint density at radius 3 is 2.60 bits per heavy atom. The minimum absolute atomic E-state index is 0.00583. The van der Waals surface area contributed by atoms with Gasteiger partial charge in [0, 0.05) is 36.6 Å². The lowest BCUT2D eigenvalue weighted by atomic mass is 10.1. The van der Waals surface area contributed by atoms with E-state index in [2.05, 4.69) is 5.32 Å². The Morgan fingerprint density at radius 2 is 1.90 bits per heavy atom. The van der Waals surface area contributed by atoms with Crippen LogP contribution in [0.2, 0.25) is 0 Å². The maximum atomic E-state index is 11.8. The number of nitrogens with zero attached hydrogens (tertiary/aromatic N) is 1. The molecule has 2 rings (SSSR count). The Kier molecular flexibility index (Phi) is 4.71. The number of nitrogens with one attached hydrogen (secondary N) is 1. The molecule has 0 fully saturated rings. The third-order valence-electron chi connectivity index (χ3n) is 3.04. The Hall–Kier alpha value is -2.36. The molecule has 2 aromatic rings. The van der Waals surface area contributed by atoms with E-state index in [1.54, 1.807) is 24.3 Å². The van der Waals surface area contributed by atoms with Gasteiger partial charge in [-0.2, -0.15) is 0 Å². The number of aromatic nitrogens is 1. The Labute approximate surface area is 118 Å². The fraction of sp³-hybridized carbons (Fsp3) is 0.250. The molecule has 0 saturated carbocycles. The molecule has 0 aliphatic rings. The summed E-state index contributed by atoms with van der Waals surface area (Å²) in [5.41, 5.74) is 1.28. The van der Waals surface area contributed by atoms with Crippen LogP contribution in [0, 0.1) is 0 Å². The maximum absolute atomic E-state index is 11.8. The average molecular weight is 270 g/mol. The molecule has 1 heterocycles. The topological polar surface area (TPSA) is 51.1 Å². The predicted octanol–water partition coefficient (Wildman–Crippen LogP) is 3.11. The molecule has 0 spiro atoms. The van der Waals surface area contributed by atoms with Crippen molar-refractivity contribution in [2.45, 2.75) is 26.3 Å². The summed E-state index contributed by atoms with van der Waals surface area (Å²) in [6.45, 7) is 2.34. The molecule has 1 aromatic heterocycles. The molecule has 0 atom stereocenters. The first-order valence-corrected chi connectivity index (χ1v) is 6.67. The highest BCUT2D eigenvalue weighted by atomic mass is 16.1. The van der Waals surface area contributed by atoms with Crippen molar-refractivity contribution in [3.63, 3.8) is 0 Å². The molecule has 104 valence electrons. The van der Waals surface area contributed by atoms with Crippen molar-refractivity contribution in [2.75, 3.05) is 5.32 Å². The Morgan fingerprint density at radius 1 is 1.15 bits per heavy atom. The number of hydrogen-bond donors (Lipinski definition) is 1. The normalized spacial score (nSPS) is 10.2. The minimum atomic E-state index is -0.0298. The highest BCUT2D eigenvalue weighted by molar-refractivity contribution is 5.97. The molecule has 0 saturated heterocycles. The number of carbonyl (C=O) groups excluding carboxylic acids is 2. The summed E-state index contributed by atoms with van der Waals surface area (Å²) in [6.07, 6.45) is 5.21. The molecule has 0 bridgehead atoms. The molecule has 0 unspecified atom stereocenters. The van der Waals surface area contributed by atoms with E-state index in [1.807, 2.05) is 29.1 Å². The third kappa shape index (κ3) is 4.09. The highest BCUT2D eigenvalue weighted by Gasteiger charge is 2.04. The fourth-order valence-electron chi connectivity index (χ4n) is 1.98. The van der Waals surface area contributed by atoms with E-state index in [1.165, 1.54) is 6.92 Å². The average Bonchev–Trinajstić information content (AvgIpc) is 2.92. The molecule has 0 radical (unpaired) electrons. The van der Waals surface area contributed by atoms with Gasteiger partial charge in [-0.05, 0) is 37.6 Å². The van der Waals surface area contributed by atoms with Gasteiger partial charge in [0.15, 0.2) is 5.78 Å². The monoisotopic (exact) mass is 270 g/mol. The lowest BCUT2D eigenvalue weighted by Crippen LogP contribution is -2.12. The SMILES string of the molecule is CC(=O)c1cccc(NC(=O)CCCn2cccc2)c1. The van der Waals surface area contributed by atoms with E-state index in [-0.39, 0.29) is 11.7 Å². The van der Waals surface area contributed by atoms with Gasteiger partial charge in [0.2, 0.25) is 5.91 Å². The zero-order valence-corrected chi connectivity index (χ0v) is 11.5. The van der Waals surface area contributed by atoms with Gasteiger partial charge in [0.05, 0.1) is 0 Å². The standard InChI is InChI=1S/C16H18N2O2/c1-13(19)14-6-4-7-15(12-14)17-16(20)8-5-11-18-9-2-3-10-18/h2-4,6-7,9-10,12H,5,8,11H2,1H3,(H,17,20). The number of anilines is 1. The van der Waals surface area contributed by atoms with Crippen LogP contribution in [0.1, 0.15) is 30.1 Å². The Balaban J connectivity index is 1.82. The number of carbonyl (C=O) groups is 2. The molecular weight excluding hydrogens is 252 g/mol. The lowest BCUT2D eigenvalue weighted by molar-refractivity contribution is -0.116. The van der Waals surface area contributed by atoms with E-state index in [4.69, 9.17) is 0 Å². The van der Waals surface area contributed by atoms with Crippen molar-refractivity contribution in [3.05, 3.63) is 54.4 Å². The van der Waals surface area contributed by atoms with Gasteiger partial charge in [-0.1, -0.05) is 12.1 Å². The van der Waals surface area contributed by atoms with Gasteiger partial charge in [-0.3, -0.25) is 9.59 Å². The Bertz CT molecular complexity index is 588. The maximum Gasteiger partial charge on any atom is 0.224 e. The van der Waals surface area contributed by atoms with Crippen molar-refractivity contribution in [1.82, 2.24) is 4.57 Å². The summed E-state index contributed by atoms with van der Waals surface area (Å²) in [4.78, 5) is 23.1. The molecule has 20 heavy (non-hydrogen) atoms. The largest absolute Gasteiger partial charge is 0.354 e. The zero-order chi connectivity index (χ0) is 14.4. The van der Waals surface area contributed by atoms with Crippen LogP contribution in [-0.2, 0) is 11.3 Å². The molecule has 4 heteroatoms. The van der Waals surface area contributed by atoms with Gasteiger partial charge in [-0.15, -0.1) is 0 Å². The third-order valence-corrected chi connectivity index (χ3v) is 3.04. The summed E-state index contributed by atoms with van der Waals surface area (Å²) in [5, 5.41) is 2.82. The number of benzene rings is 1. The number of aryl methyl sites for hydroxylation is 1. The van der Waals surface area contributed by atoms with E-state index >= 15 is 0 Å². The van der Waals surface area contributed by atoms with Gasteiger partial charge >= 0.3 is 0 Å². The number of ketones is 1. The van der Waals surface area contributed by atoms with Gasteiger partial charge in [-0.25, -0.2) is 0 Å². The van der Waals surface area contributed by atoms with Crippen LogP contribution in [0.4, 0.5) is 5.69 Å². The van der Waals surface area contributed by atoms with Gasteiger partial charge < -0.3 is 9.88 Å². The lowest BCUT2D eigenvalue weighted by Gasteiger charge is -2.07. The van der Waals surface area contributed by atoms with Crippen molar-refractivity contribution in [3.8, 4) is 0 Å². The van der Waals surface area contributed by atoms with E-state index in [0.717, 1.165) is 13.0 Å². The van der Waals surface area contributed by atoms with E-state index in [0.29, 0.717) is 17.7 Å². The van der Waals surface area contributed by atoms with Crippen LogP contribution in [0.25, 0.3) is 0 Å². The van der Waals surface area contributed by atoms with Crippen molar-refractivity contribution in [1.29, 1.82) is 0 Å². The van der Waals surface area contributed by atoms with Gasteiger partial charge in [0.1, 0.15) is 0 Å². The highest BCUT2D eigenvalue weighted by Crippen LogP contribution is 2.12. The van der Waals surface area contributed by atoms with Crippen LogP contribution >= 0.6 is 0 Å². The molecule has 1 N–H and O–H groups in total. The smallest absolute Gasteiger partial charge is 0.224 e. The van der Waals surface area contributed by atoms with Crippen LogP contribution in [-0.4, -0.2) is 16.3 Å². The second-order valence-corrected chi connectivity index (χ2v) is 4.71. The van der Waals surface area contributed by atoms with Crippen molar-refractivity contribution < 1.29 is 9.59 Å². The van der Waals surface area contributed by atoms with Crippen LogP contribution in [0.5, 0.6) is 0 Å². The number of rotatable bonds is 6. The molecule has 0 aliphatic carbocycles. The van der Waals surface area contributed by atoms with Crippen LogP contribution in [0.15, 0.2) is 48.8 Å². The zero-order valence-electron chi connectivity index (χ0n) is 11.5. The number of hydrogen-bond acceptors (Lipinski definition) is 2. The fourth-order valence-corrected chi connectivity index (χ4v) is 1.98. The molecule has 0 aliphatic heterocycles. The summed E-state index contributed by atoms with van der Waals surface area (Å²) in [5.74, 6) is -0.0356. The molecule has 1 amide bonds. The summed E-state index contributed by atoms with van der Waals surface area (Å²) in [7, 11) is 0. The van der Waals surface area contributed by atoms with Gasteiger partial charge in [0.25, 0.3) is 0 Å². The second kappa shape index (κ2) is 6.70. The van der Waals surface area contributed by atoms with E-state index in [9.17, 15) is 9.59 Å². The van der Waals surface area contributed by atoms with Crippen molar-refractivity contribution in [2.24, 2.45) is 0 Å². The first kappa shape index (κ1) is 14.1. The second-order valence-electron chi connectivity index (χ2n) is 4.71. The molecule has 4 nitrogen and oxygen atoms in total. The molecular formula is C16H18N2O2. The van der Waals surface area contributed by atoms with E-state index < -0.39 is 0 Å².